The second-order valence-corrected chi connectivity index (χ2v) is 6.55. The summed E-state index contributed by atoms with van der Waals surface area (Å²) >= 11 is 1.78. The Labute approximate surface area is 124 Å². The highest BCUT2D eigenvalue weighted by Gasteiger charge is 2.42. The zero-order valence-corrected chi connectivity index (χ0v) is 12.9. The molecule has 3 atom stereocenters. The van der Waals surface area contributed by atoms with Crippen molar-refractivity contribution in [1.82, 2.24) is 15.5 Å². The summed E-state index contributed by atoms with van der Waals surface area (Å²) in [7, 11) is 0. The molecule has 1 aliphatic carbocycles. The van der Waals surface area contributed by atoms with E-state index < -0.39 is 0 Å². The first kappa shape index (κ1) is 13.7. The van der Waals surface area contributed by atoms with Crippen LogP contribution < -0.4 is 5.32 Å². The van der Waals surface area contributed by atoms with Gasteiger partial charge in [-0.05, 0) is 37.8 Å². The molecule has 1 aromatic carbocycles. The maximum atomic E-state index is 4.41. The molecule has 3 unspecified atom stereocenters. The van der Waals surface area contributed by atoms with Gasteiger partial charge in [-0.3, -0.25) is 0 Å². The molecule has 0 radical (unpaired) electrons. The number of aromatic nitrogens is 2. The number of nitrogens with zero attached hydrogens (tertiary/aromatic N) is 2. The molecule has 1 heterocycles. The molecule has 0 saturated heterocycles. The van der Waals surface area contributed by atoms with Gasteiger partial charge in [-0.1, -0.05) is 48.6 Å². The molecule has 0 spiro atoms. The van der Waals surface area contributed by atoms with Gasteiger partial charge in [-0.2, -0.15) is 0 Å². The van der Waals surface area contributed by atoms with E-state index in [1.807, 2.05) is 0 Å². The van der Waals surface area contributed by atoms with Crippen molar-refractivity contribution < 1.29 is 0 Å². The van der Waals surface area contributed by atoms with Crippen LogP contribution in [0.25, 0.3) is 0 Å². The molecule has 106 valence electrons. The number of rotatable bonds is 6. The average Bonchev–Trinajstić information content (AvgIpc) is 3.14. The highest BCUT2D eigenvalue weighted by molar-refractivity contribution is 7.11. The summed E-state index contributed by atoms with van der Waals surface area (Å²) in [5.74, 6) is 1.23. The summed E-state index contributed by atoms with van der Waals surface area (Å²) < 4.78 is 0. The van der Waals surface area contributed by atoms with Crippen molar-refractivity contribution in [3.63, 3.8) is 0 Å². The zero-order valence-electron chi connectivity index (χ0n) is 12.0. The van der Waals surface area contributed by atoms with Crippen LogP contribution in [0.2, 0.25) is 0 Å². The third-order valence-corrected chi connectivity index (χ3v) is 5.10. The highest BCUT2D eigenvalue weighted by atomic mass is 32.1. The first-order valence-electron chi connectivity index (χ1n) is 7.41. The Morgan fingerprint density at radius 2 is 2.05 bits per heavy atom. The van der Waals surface area contributed by atoms with Gasteiger partial charge in [0.1, 0.15) is 10.0 Å². The maximum Gasteiger partial charge on any atom is 0.134 e. The summed E-state index contributed by atoms with van der Waals surface area (Å²) in [5.41, 5.74) is 1.44. The first-order valence-corrected chi connectivity index (χ1v) is 8.23. The molecular formula is C16H21N3S. The monoisotopic (exact) mass is 287 g/mol. The number of hydrogen-bond donors (Lipinski definition) is 1. The van der Waals surface area contributed by atoms with Crippen LogP contribution in [0.3, 0.4) is 0 Å². The van der Waals surface area contributed by atoms with E-state index in [-0.39, 0.29) is 0 Å². The molecule has 1 aromatic heterocycles. The van der Waals surface area contributed by atoms with Crippen LogP contribution in [0.5, 0.6) is 0 Å². The van der Waals surface area contributed by atoms with Crippen LogP contribution in [0.1, 0.15) is 60.1 Å². The van der Waals surface area contributed by atoms with Crippen molar-refractivity contribution in [2.24, 2.45) is 0 Å². The quantitative estimate of drug-likeness (QED) is 0.876. The van der Waals surface area contributed by atoms with Crippen molar-refractivity contribution in [3.8, 4) is 0 Å². The average molecular weight is 287 g/mol. The number of benzene rings is 1. The zero-order chi connectivity index (χ0) is 13.9. The standard InChI is InChI=1S/C16H21N3S/c1-3-9-17-11(2)15-18-19-16(20-15)14-10-13(14)12-7-5-4-6-8-12/h4-8,11,13-14,17H,3,9-10H2,1-2H3. The molecule has 4 heteroatoms. The fourth-order valence-corrected chi connectivity index (χ4v) is 3.61. The first-order chi connectivity index (χ1) is 9.79. The Bertz CT molecular complexity index is 552. The van der Waals surface area contributed by atoms with Crippen LogP contribution in [0.4, 0.5) is 0 Å². The lowest BCUT2D eigenvalue weighted by Crippen LogP contribution is -2.18. The van der Waals surface area contributed by atoms with Crippen molar-refractivity contribution >= 4 is 11.3 Å². The second-order valence-electron chi connectivity index (χ2n) is 5.51. The van der Waals surface area contributed by atoms with Gasteiger partial charge < -0.3 is 5.32 Å². The van der Waals surface area contributed by atoms with Gasteiger partial charge >= 0.3 is 0 Å². The van der Waals surface area contributed by atoms with E-state index in [0.717, 1.165) is 18.0 Å². The van der Waals surface area contributed by atoms with E-state index in [1.54, 1.807) is 11.3 Å². The van der Waals surface area contributed by atoms with Gasteiger partial charge in [0.15, 0.2) is 0 Å². The molecule has 1 fully saturated rings. The van der Waals surface area contributed by atoms with Crippen LogP contribution in [0.15, 0.2) is 30.3 Å². The van der Waals surface area contributed by atoms with Gasteiger partial charge in [0, 0.05) is 5.92 Å². The van der Waals surface area contributed by atoms with Crippen molar-refractivity contribution in [3.05, 3.63) is 45.9 Å². The van der Waals surface area contributed by atoms with Gasteiger partial charge in [0.05, 0.1) is 6.04 Å². The molecule has 0 bridgehead atoms. The Hall–Kier alpha value is -1.26. The Balaban J connectivity index is 1.64. The van der Waals surface area contributed by atoms with Gasteiger partial charge in [-0.25, -0.2) is 0 Å². The fraction of sp³-hybridized carbons (Fsp3) is 0.500. The molecule has 20 heavy (non-hydrogen) atoms. The lowest BCUT2D eigenvalue weighted by atomic mass is 10.1. The second kappa shape index (κ2) is 6.02. The normalized spacial score (nSPS) is 22.7. The van der Waals surface area contributed by atoms with Crippen molar-refractivity contribution in [2.45, 2.75) is 44.6 Å². The number of hydrogen-bond acceptors (Lipinski definition) is 4. The molecule has 1 aliphatic rings. The lowest BCUT2D eigenvalue weighted by Gasteiger charge is -2.08. The van der Waals surface area contributed by atoms with Crippen molar-refractivity contribution in [1.29, 1.82) is 0 Å². The van der Waals surface area contributed by atoms with Crippen LogP contribution in [-0.4, -0.2) is 16.7 Å². The fourth-order valence-electron chi connectivity index (χ4n) is 2.56. The molecule has 3 nitrogen and oxygen atoms in total. The Morgan fingerprint density at radius 3 is 2.80 bits per heavy atom. The van der Waals surface area contributed by atoms with Gasteiger partial charge in [0.2, 0.25) is 0 Å². The van der Waals surface area contributed by atoms with Crippen molar-refractivity contribution in [2.75, 3.05) is 6.54 Å². The largest absolute Gasteiger partial charge is 0.308 e. The predicted molar refractivity (Wildman–Crippen MR) is 83.2 cm³/mol. The molecule has 3 rings (SSSR count). The molecule has 1 saturated carbocycles. The molecule has 2 aromatic rings. The topological polar surface area (TPSA) is 37.8 Å². The number of nitrogens with one attached hydrogen (secondary N) is 1. The summed E-state index contributed by atoms with van der Waals surface area (Å²) in [5, 5.41) is 14.6. The molecular weight excluding hydrogens is 266 g/mol. The van der Waals surface area contributed by atoms with Crippen LogP contribution >= 0.6 is 11.3 Å². The third kappa shape index (κ3) is 2.91. The summed E-state index contributed by atoms with van der Waals surface area (Å²) in [6, 6.07) is 11.1. The summed E-state index contributed by atoms with van der Waals surface area (Å²) in [6.45, 7) is 5.38. The minimum absolute atomic E-state index is 0.315. The predicted octanol–water partition coefficient (Wildman–Crippen LogP) is 3.87. The summed E-state index contributed by atoms with van der Waals surface area (Å²) in [6.07, 6.45) is 2.37. The minimum atomic E-state index is 0.315. The van der Waals surface area contributed by atoms with E-state index >= 15 is 0 Å². The summed E-state index contributed by atoms with van der Waals surface area (Å²) in [4.78, 5) is 0. The van der Waals surface area contributed by atoms with E-state index in [1.165, 1.54) is 17.0 Å². The smallest absolute Gasteiger partial charge is 0.134 e. The SMILES string of the molecule is CCCNC(C)c1nnc(C2CC2c2ccccc2)s1. The Kier molecular flexibility index (Phi) is 4.13. The lowest BCUT2D eigenvalue weighted by molar-refractivity contribution is 0.564. The van der Waals surface area contributed by atoms with E-state index in [4.69, 9.17) is 0 Å². The van der Waals surface area contributed by atoms with E-state index in [9.17, 15) is 0 Å². The molecule has 1 N–H and O–H groups in total. The molecule has 0 aliphatic heterocycles. The van der Waals surface area contributed by atoms with E-state index in [2.05, 4.69) is 59.7 Å². The van der Waals surface area contributed by atoms with Gasteiger partial charge in [0.25, 0.3) is 0 Å². The van der Waals surface area contributed by atoms with E-state index in [0.29, 0.717) is 17.9 Å². The Morgan fingerprint density at radius 1 is 1.25 bits per heavy atom. The molecule has 0 amide bonds. The van der Waals surface area contributed by atoms with Crippen LogP contribution in [-0.2, 0) is 0 Å². The van der Waals surface area contributed by atoms with Gasteiger partial charge in [-0.15, -0.1) is 10.2 Å². The maximum absolute atomic E-state index is 4.41. The minimum Gasteiger partial charge on any atom is -0.308 e. The van der Waals surface area contributed by atoms with Crippen LogP contribution in [0, 0.1) is 0 Å². The third-order valence-electron chi connectivity index (χ3n) is 3.86. The highest BCUT2D eigenvalue weighted by Crippen LogP contribution is 2.55.